The summed E-state index contributed by atoms with van der Waals surface area (Å²) in [4.78, 5) is 14.4. The van der Waals surface area contributed by atoms with Crippen LogP contribution in [0.5, 0.6) is 0 Å². The molecule has 2 heterocycles. The second-order valence-electron chi connectivity index (χ2n) is 6.08. The second-order valence-corrected chi connectivity index (χ2v) is 6.08. The summed E-state index contributed by atoms with van der Waals surface area (Å²) in [5.74, 6) is -0.252. The first-order chi connectivity index (χ1) is 11.1. The summed E-state index contributed by atoms with van der Waals surface area (Å²) < 4.78 is 15.0. The van der Waals surface area contributed by atoms with E-state index in [9.17, 15) is 9.18 Å². The van der Waals surface area contributed by atoms with Crippen LogP contribution in [0.3, 0.4) is 0 Å². The zero-order valence-electron chi connectivity index (χ0n) is 13.3. The summed E-state index contributed by atoms with van der Waals surface area (Å²) >= 11 is 0. The largest absolute Gasteiger partial charge is 0.353 e. The summed E-state index contributed by atoms with van der Waals surface area (Å²) in [6.45, 7) is 1.78. The number of amides is 1. The fourth-order valence-electron chi connectivity index (χ4n) is 3.21. The Morgan fingerprint density at radius 1 is 1.30 bits per heavy atom. The molecule has 1 saturated heterocycles. The quantitative estimate of drug-likeness (QED) is 0.921. The van der Waals surface area contributed by atoms with E-state index in [2.05, 4.69) is 20.9 Å². The molecule has 1 fully saturated rings. The molecule has 0 spiro atoms. The monoisotopic (exact) mass is 315 g/mol. The fourth-order valence-corrected chi connectivity index (χ4v) is 3.21. The highest BCUT2D eigenvalue weighted by atomic mass is 19.1. The first-order valence-electron chi connectivity index (χ1n) is 8.00. The summed E-state index contributed by atoms with van der Waals surface area (Å²) in [6, 6.07) is 10.7. The molecule has 4 nitrogen and oxygen atoms in total. The molecule has 3 rings (SSSR count). The Morgan fingerprint density at radius 3 is 2.78 bits per heavy atom. The minimum absolute atomic E-state index is 0.00966. The van der Waals surface area contributed by atoms with Crippen LogP contribution < -0.4 is 5.32 Å². The highest BCUT2D eigenvalue weighted by Gasteiger charge is 2.28. The maximum absolute atomic E-state index is 12.9. The number of benzene rings is 1. The van der Waals surface area contributed by atoms with E-state index in [1.807, 2.05) is 19.3 Å². The van der Waals surface area contributed by atoms with Gasteiger partial charge in [0.15, 0.2) is 0 Å². The number of nitrogens with one attached hydrogen (secondary N) is 1. The summed E-state index contributed by atoms with van der Waals surface area (Å²) in [7, 11) is 2.04. The molecule has 23 heavy (non-hydrogen) atoms. The predicted octanol–water partition coefficient (Wildman–Crippen LogP) is 2.62. The van der Waals surface area contributed by atoms with Gasteiger partial charge in [0.2, 0.25) is 5.91 Å². The zero-order valence-corrected chi connectivity index (χ0v) is 13.3. The van der Waals surface area contributed by atoms with Gasteiger partial charge in [0.1, 0.15) is 5.82 Å². The van der Waals surface area contributed by atoms with Gasteiger partial charge in [0, 0.05) is 25.5 Å². The van der Waals surface area contributed by atoms with Crippen molar-refractivity contribution in [3.63, 3.8) is 0 Å². The Kier molecular flexibility index (Phi) is 4.76. The number of halogens is 1. The number of hydrogen-bond donors (Lipinski definition) is 1. The number of hydrogen-bond acceptors (Lipinski definition) is 2. The highest BCUT2D eigenvalue weighted by molar-refractivity contribution is 5.78. The number of nitrogens with zero attached hydrogens (tertiary/aromatic N) is 2. The van der Waals surface area contributed by atoms with Crippen molar-refractivity contribution in [3.05, 3.63) is 59.7 Å². The van der Waals surface area contributed by atoms with Gasteiger partial charge in [0.25, 0.3) is 0 Å². The van der Waals surface area contributed by atoms with Gasteiger partial charge < -0.3 is 9.88 Å². The van der Waals surface area contributed by atoms with Crippen molar-refractivity contribution < 1.29 is 9.18 Å². The van der Waals surface area contributed by atoms with Crippen molar-refractivity contribution in [2.45, 2.75) is 25.4 Å². The van der Waals surface area contributed by atoms with Gasteiger partial charge in [-0.05, 0) is 49.2 Å². The standard InChI is InChI=1S/C18H22FN3O/c1-21-10-2-4-16(21)17-5-3-11-22(17)13-18(23)20-12-14-6-8-15(19)9-7-14/h2,4,6-10,17H,3,5,11-13H2,1H3,(H,20,23)/t17-/m0/s1. The zero-order chi connectivity index (χ0) is 16.2. The SMILES string of the molecule is Cn1cccc1[C@@H]1CCCN1CC(=O)NCc1ccc(F)cc1. The van der Waals surface area contributed by atoms with Crippen LogP contribution in [-0.4, -0.2) is 28.5 Å². The van der Waals surface area contributed by atoms with E-state index in [0.717, 1.165) is 24.9 Å². The smallest absolute Gasteiger partial charge is 0.234 e. The average Bonchev–Trinajstić information content (AvgIpc) is 3.15. The van der Waals surface area contributed by atoms with Crippen LogP contribution >= 0.6 is 0 Å². The van der Waals surface area contributed by atoms with Gasteiger partial charge >= 0.3 is 0 Å². The van der Waals surface area contributed by atoms with E-state index in [0.29, 0.717) is 19.1 Å². The third-order valence-electron chi connectivity index (χ3n) is 4.44. The molecule has 1 aromatic heterocycles. The van der Waals surface area contributed by atoms with Crippen LogP contribution in [-0.2, 0) is 18.4 Å². The number of aromatic nitrogens is 1. The number of rotatable bonds is 5. The lowest BCUT2D eigenvalue weighted by molar-refractivity contribution is -0.122. The average molecular weight is 315 g/mol. The molecule has 0 aliphatic carbocycles. The van der Waals surface area contributed by atoms with Crippen LogP contribution in [0.2, 0.25) is 0 Å². The minimum Gasteiger partial charge on any atom is -0.353 e. The minimum atomic E-state index is -0.262. The van der Waals surface area contributed by atoms with Gasteiger partial charge in [-0.25, -0.2) is 4.39 Å². The van der Waals surface area contributed by atoms with Crippen LogP contribution in [0.15, 0.2) is 42.6 Å². The van der Waals surface area contributed by atoms with Crippen molar-refractivity contribution in [1.29, 1.82) is 0 Å². The van der Waals surface area contributed by atoms with Crippen molar-refractivity contribution in [2.75, 3.05) is 13.1 Å². The lowest BCUT2D eigenvalue weighted by Gasteiger charge is -2.24. The number of carbonyl (C=O) groups is 1. The van der Waals surface area contributed by atoms with Crippen LogP contribution in [0, 0.1) is 5.82 Å². The molecule has 0 saturated carbocycles. The molecule has 5 heteroatoms. The predicted molar refractivity (Wildman–Crippen MR) is 87.2 cm³/mol. The first-order valence-corrected chi connectivity index (χ1v) is 8.00. The topological polar surface area (TPSA) is 37.3 Å². The molecule has 1 N–H and O–H groups in total. The van der Waals surface area contributed by atoms with Gasteiger partial charge in [0.05, 0.1) is 12.6 Å². The van der Waals surface area contributed by atoms with Crippen molar-refractivity contribution in [3.8, 4) is 0 Å². The maximum atomic E-state index is 12.9. The molecule has 0 unspecified atom stereocenters. The summed E-state index contributed by atoms with van der Waals surface area (Å²) in [6.07, 6.45) is 4.24. The molecule has 1 aliphatic rings. The number of carbonyl (C=O) groups excluding carboxylic acids is 1. The van der Waals surface area contributed by atoms with Crippen molar-refractivity contribution in [2.24, 2.45) is 7.05 Å². The van der Waals surface area contributed by atoms with E-state index in [4.69, 9.17) is 0 Å². The molecule has 0 bridgehead atoms. The number of likely N-dealkylation sites (tertiary alicyclic amines) is 1. The Labute approximate surface area is 135 Å². The molecular formula is C18H22FN3O. The molecule has 0 radical (unpaired) electrons. The van der Waals surface area contributed by atoms with Gasteiger partial charge in [-0.1, -0.05) is 12.1 Å². The molecule has 1 aromatic carbocycles. The van der Waals surface area contributed by atoms with E-state index in [1.165, 1.54) is 17.8 Å². The maximum Gasteiger partial charge on any atom is 0.234 e. The first kappa shape index (κ1) is 15.7. The van der Waals surface area contributed by atoms with Crippen molar-refractivity contribution in [1.82, 2.24) is 14.8 Å². The Morgan fingerprint density at radius 2 is 2.09 bits per heavy atom. The van der Waals surface area contributed by atoms with Gasteiger partial charge in [-0.15, -0.1) is 0 Å². The Balaban J connectivity index is 1.54. The van der Waals surface area contributed by atoms with E-state index >= 15 is 0 Å². The van der Waals surface area contributed by atoms with Crippen LogP contribution in [0.1, 0.15) is 30.1 Å². The molecule has 2 aromatic rings. The Bertz CT molecular complexity index is 665. The van der Waals surface area contributed by atoms with E-state index < -0.39 is 0 Å². The van der Waals surface area contributed by atoms with Gasteiger partial charge in [-0.3, -0.25) is 9.69 Å². The lowest BCUT2D eigenvalue weighted by atomic mass is 10.1. The normalized spacial score (nSPS) is 18.3. The number of aryl methyl sites for hydroxylation is 1. The summed E-state index contributed by atoms with van der Waals surface area (Å²) in [5, 5.41) is 2.92. The summed E-state index contributed by atoms with van der Waals surface area (Å²) in [5.41, 5.74) is 2.16. The van der Waals surface area contributed by atoms with E-state index in [1.54, 1.807) is 12.1 Å². The van der Waals surface area contributed by atoms with Crippen LogP contribution in [0.4, 0.5) is 4.39 Å². The van der Waals surface area contributed by atoms with Crippen molar-refractivity contribution >= 4 is 5.91 Å². The third-order valence-corrected chi connectivity index (χ3v) is 4.44. The van der Waals surface area contributed by atoms with Crippen LogP contribution in [0.25, 0.3) is 0 Å². The molecule has 122 valence electrons. The molecule has 1 atom stereocenters. The third kappa shape index (κ3) is 3.79. The fraction of sp³-hybridized carbons (Fsp3) is 0.389. The molecule has 1 aliphatic heterocycles. The lowest BCUT2D eigenvalue weighted by Crippen LogP contribution is -2.37. The molecule has 1 amide bonds. The highest BCUT2D eigenvalue weighted by Crippen LogP contribution is 2.31. The van der Waals surface area contributed by atoms with Gasteiger partial charge in [-0.2, -0.15) is 0 Å². The van der Waals surface area contributed by atoms with E-state index in [-0.39, 0.29) is 11.7 Å². The molecular weight excluding hydrogens is 293 g/mol. The Hall–Kier alpha value is -2.14. The second kappa shape index (κ2) is 6.96.